The summed E-state index contributed by atoms with van der Waals surface area (Å²) in [6.45, 7) is 0.784. The number of methoxy groups -OCH3 is 1. The smallest absolute Gasteiger partial charge is 0.306 e. The summed E-state index contributed by atoms with van der Waals surface area (Å²) >= 11 is 0. The predicted molar refractivity (Wildman–Crippen MR) is 45.0 cm³/mol. The first-order valence-corrected chi connectivity index (χ1v) is 4.45. The summed E-state index contributed by atoms with van der Waals surface area (Å²) in [7, 11) is 1.70. The predicted octanol–water partition coefficient (Wildman–Crippen LogP) is 1.52. The van der Waals surface area contributed by atoms with Crippen molar-refractivity contribution in [1.82, 2.24) is 0 Å². The van der Waals surface area contributed by atoms with Crippen molar-refractivity contribution in [3.8, 4) is 0 Å². The zero-order valence-corrected chi connectivity index (χ0v) is 7.45. The summed E-state index contributed by atoms with van der Waals surface area (Å²) in [5.41, 5.74) is 0. The van der Waals surface area contributed by atoms with E-state index in [1.165, 1.54) is 0 Å². The molecule has 0 radical (unpaired) electrons. The molecular formula is C9H16O3. The average Bonchev–Trinajstić information content (AvgIpc) is 2.06. The van der Waals surface area contributed by atoms with E-state index < -0.39 is 5.97 Å². The molecule has 0 atom stereocenters. The molecule has 0 unspecified atom stereocenters. The Balaban J connectivity index is 2.25. The summed E-state index contributed by atoms with van der Waals surface area (Å²) in [5, 5.41) is 8.72. The topological polar surface area (TPSA) is 46.5 Å². The Hall–Kier alpha value is -0.570. The van der Waals surface area contributed by atoms with Crippen LogP contribution in [-0.2, 0) is 9.53 Å². The van der Waals surface area contributed by atoms with Gasteiger partial charge in [0.15, 0.2) is 0 Å². The minimum Gasteiger partial charge on any atom is -0.481 e. The van der Waals surface area contributed by atoms with Crippen LogP contribution in [0, 0.1) is 11.8 Å². The van der Waals surface area contributed by atoms with Gasteiger partial charge in [-0.05, 0) is 31.6 Å². The molecule has 0 aromatic rings. The Morgan fingerprint density at radius 1 is 1.42 bits per heavy atom. The fourth-order valence-corrected chi connectivity index (χ4v) is 1.81. The second-order valence-corrected chi connectivity index (χ2v) is 3.51. The highest BCUT2D eigenvalue weighted by Crippen LogP contribution is 2.28. The first-order valence-electron chi connectivity index (χ1n) is 4.45. The molecule has 0 bridgehead atoms. The van der Waals surface area contributed by atoms with Crippen molar-refractivity contribution in [2.24, 2.45) is 11.8 Å². The van der Waals surface area contributed by atoms with Crippen LogP contribution in [-0.4, -0.2) is 24.8 Å². The maximum absolute atomic E-state index is 10.6. The highest BCUT2D eigenvalue weighted by molar-refractivity contribution is 5.69. The molecule has 1 aliphatic carbocycles. The van der Waals surface area contributed by atoms with Crippen LogP contribution < -0.4 is 0 Å². The standard InChI is InChI=1S/C9H16O3/c1-12-6-7-2-4-8(5-3-7)9(10)11/h7-8H,2-6H2,1H3,(H,10,11)/t7-,8-. The van der Waals surface area contributed by atoms with Gasteiger partial charge in [0.2, 0.25) is 0 Å². The van der Waals surface area contributed by atoms with Crippen molar-refractivity contribution in [1.29, 1.82) is 0 Å². The van der Waals surface area contributed by atoms with Crippen LogP contribution >= 0.6 is 0 Å². The molecule has 1 saturated carbocycles. The maximum atomic E-state index is 10.6. The lowest BCUT2D eigenvalue weighted by molar-refractivity contribution is -0.143. The van der Waals surface area contributed by atoms with Crippen molar-refractivity contribution in [3.05, 3.63) is 0 Å². The van der Waals surface area contributed by atoms with Gasteiger partial charge in [0.05, 0.1) is 5.92 Å². The fraction of sp³-hybridized carbons (Fsp3) is 0.889. The second-order valence-electron chi connectivity index (χ2n) is 3.51. The third-order valence-electron chi connectivity index (χ3n) is 2.60. The van der Waals surface area contributed by atoms with E-state index in [-0.39, 0.29) is 5.92 Å². The molecular weight excluding hydrogens is 156 g/mol. The molecule has 1 fully saturated rings. The van der Waals surface area contributed by atoms with Crippen LogP contribution in [0.3, 0.4) is 0 Å². The number of carboxylic acids is 1. The van der Waals surface area contributed by atoms with E-state index in [1.54, 1.807) is 7.11 Å². The van der Waals surface area contributed by atoms with E-state index in [2.05, 4.69) is 0 Å². The zero-order chi connectivity index (χ0) is 8.97. The van der Waals surface area contributed by atoms with Gasteiger partial charge in [-0.3, -0.25) is 4.79 Å². The van der Waals surface area contributed by atoms with Crippen LogP contribution in [0.5, 0.6) is 0 Å². The summed E-state index contributed by atoms with van der Waals surface area (Å²) in [5.74, 6) is -0.144. The lowest BCUT2D eigenvalue weighted by atomic mass is 9.82. The minimum absolute atomic E-state index is 0.0990. The molecule has 0 spiro atoms. The van der Waals surface area contributed by atoms with Gasteiger partial charge in [0.1, 0.15) is 0 Å². The molecule has 1 rings (SSSR count). The normalized spacial score (nSPS) is 30.1. The number of rotatable bonds is 3. The number of hydrogen-bond acceptors (Lipinski definition) is 2. The van der Waals surface area contributed by atoms with Gasteiger partial charge in [0, 0.05) is 13.7 Å². The Morgan fingerprint density at radius 3 is 2.42 bits per heavy atom. The average molecular weight is 172 g/mol. The molecule has 70 valence electrons. The van der Waals surface area contributed by atoms with Crippen LogP contribution in [0.2, 0.25) is 0 Å². The Labute approximate surface area is 72.7 Å². The molecule has 0 aromatic heterocycles. The third kappa shape index (κ3) is 2.48. The van der Waals surface area contributed by atoms with E-state index in [0.29, 0.717) is 5.92 Å². The van der Waals surface area contributed by atoms with Crippen LogP contribution in [0.15, 0.2) is 0 Å². The monoisotopic (exact) mass is 172 g/mol. The van der Waals surface area contributed by atoms with Crippen molar-refractivity contribution in [2.45, 2.75) is 25.7 Å². The van der Waals surface area contributed by atoms with E-state index in [9.17, 15) is 4.79 Å². The molecule has 0 heterocycles. The van der Waals surface area contributed by atoms with Gasteiger partial charge in [-0.25, -0.2) is 0 Å². The van der Waals surface area contributed by atoms with Gasteiger partial charge in [-0.2, -0.15) is 0 Å². The largest absolute Gasteiger partial charge is 0.481 e. The minimum atomic E-state index is -0.633. The van der Waals surface area contributed by atoms with Crippen molar-refractivity contribution < 1.29 is 14.6 Å². The summed E-state index contributed by atoms with van der Waals surface area (Å²) in [6.07, 6.45) is 3.66. The first-order chi connectivity index (χ1) is 5.74. The Kier molecular flexibility index (Phi) is 3.53. The summed E-state index contributed by atoms with van der Waals surface area (Å²) < 4.78 is 5.03. The Bertz CT molecular complexity index is 148. The first kappa shape index (κ1) is 9.52. The summed E-state index contributed by atoms with van der Waals surface area (Å²) in [6, 6.07) is 0. The van der Waals surface area contributed by atoms with Gasteiger partial charge >= 0.3 is 5.97 Å². The van der Waals surface area contributed by atoms with Crippen LogP contribution in [0.25, 0.3) is 0 Å². The van der Waals surface area contributed by atoms with E-state index in [4.69, 9.17) is 9.84 Å². The quantitative estimate of drug-likeness (QED) is 0.702. The van der Waals surface area contributed by atoms with E-state index in [1.807, 2.05) is 0 Å². The molecule has 3 nitrogen and oxygen atoms in total. The highest BCUT2D eigenvalue weighted by Gasteiger charge is 2.25. The van der Waals surface area contributed by atoms with Gasteiger partial charge in [-0.1, -0.05) is 0 Å². The lowest BCUT2D eigenvalue weighted by Gasteiger charge is -2.25. The number of carboxylic acid groups (broad SMARTS) is 1. The van der Waals surface area contributed by atoms with Crippen molar-refractivity contribution >= 4 is 5.97 Å². The number of ether oxygens (including phenoxy) is 1. The number of hydrogen-bond donors (Lipinski definition) is 1. The molecule has 12 heavy (non-hydrogen) atoms. The van der Waals surface area contributed by atoms with E-state index in [0.717, 1.165) is 32.3 Å². The highest BCUT2D eigenvalue weighted by atomic mass is 16.5. The van der Waals surface area contributed by atoms with E-state index >= 15 is 0 Å². The third-order valence-corrected chi connectivity index (χ3v) is 2.60. The molecule has 0 amide bonds. The van der Waals surface area contributed by atoms with Gasteiger partial charge in [-0.15, -0.1) is 0 Å². The lowest BCUT2D eigenvalue weighted by Crippen LogP contribution is -2.23. The SMILES string of the molecule is COC[C@H]1CC[C@H](C(=O)O)CC1. The summed E-state index contributed by atoms with van der Waals surface area (Å²) in [4.78, 5) is 10.6. The maximum Gasteiger partial charge on any atom is 0.306 e. The molecule has 1 aliphatic rings. The number of aliphatic carboxylic acids is 1. The molecule has 3 heteroatoms. The van der Waals surface area contributed by atoms with Gasteiger partial charge in [0.25, 0.3) is 0 Å². The zero-order valence-electron chi connectivity index (χ0n) is 7.45. The van der Waals surface area contributed by atoms with Crippen LogP contribution in [0.4, 0.5) is 0 Å². The van der Waals surface area contributed by atoms with Gasteiger partial charge < -0.3 is 9.84 Å². The second kappa shape index (κ2) is 4.45. The Morgan fingerprint density at radius 2 is 2.00 bits per heavy atom. The molecule has 1 N–H and O–H groups in total. The fourth-order valence-electron chi connectivity index (χ4n) is 1.81. The van der Waals surface area contributed by atoms with Crippen molar-refractivity contribution in [2.75, 3.05) is 13.7 Å². The van der Waals surface area contributed by atoms with Crippen molar-refractivity contribution in [3.63, 3.8) is 0 Å². The number of carbonyl (C=O) groups is 1. The molecule has 0 aliphatic heterocycles. The van der Waals surface area contributed by atoms with Crippen LogP contribution in [0.1, 0.15) is 25.7 Å². The molecule has 0 aromatic carbocycles. The molecule has 0 saturated heterocycles.